The molecule has 3 rings (SSSR count). The van der Waals surface area contributed by atoms with Gasteiger partial charge in [0.15, 0.2) is 0 Å². The second kappa shape index (κ2) is 6.08. The third-order valence-corrected chi connectivity index (χ3v) is 3.75. The summed E-state index contributed by atoms with van der Waals surface area (Å²) in [4.78, 5) is 25.8. The molecule has 1 aliphatic rings. The molecule has 1 fully saturated rings. The van der Waals surface area contributed by atoms with Gasteiger partial charge in [-0.3, -0.25) is 9.59 Å². The Morgan fingerprint density at radius 3 is 2.65 bits per heavy atom. The number of rotatable bonds is 3. The molecule has 6 heteroatoms. The molecule has 1 saturated heterocycles. The van der Waals surface area contributed by atoms with Crippen molar-refractivity contribution >= 4 is 23.2 Å². The summed E-state index contributed by atoms with van der Waals surface area (Å²) in [6.07, 6.45) is 0.0992. The van der Waals surface area contributed by atoms with Crippen molar-refractivity contribution in [2.24, 2.45) is 5.92 Å². The van der Waals surface area contributed by atoms with Crippen LogP contribution in [0.4, 0.5) is 15.8 Å². The van der Waals surface area contributed by atoms with Gasteiger partial charge >= 0.3 is 0 Å². The highest BCUT2D eigenvalue weighted by Gasteiger charge is 2.35. The zero-order valence-corrected chi connectivity index (χ0v) is 12.2. The molecule has 0 aromatic heterocycles. The van der Waals surface area contributed by atoms with E-state index in [9.17, 15) is 19.1 Å². The van der Waals surface area contributed by atoms with Gasteiger partial charge in [-0.1, -0.05) is 6.07 Å². The fourth-order valence-corrected chi connectivity index (χ4v) is 2.58. The van der Waals surface area contributed by atoms with Crippen LogP contribution in [0, 0.1) is 11.7 Å². The largest absolute Gasteiger partial charge is 0.508 e. The second-order valence-corrected chi connectivity index (χ2v) is 5.42. The fourth-order valence-electron chi connectivity index (χ4n) is 2.58. The molecule has 2 aromatic carbocycles. The highest BCUT2D eigenvalue weighted by Crippen LogP contribution is 2.26. The summed E-state index contributed by atoms with van der Waals surface area (Å²) in [7, 11) is 0. The number of amides is 2. The van der Waals surface area contributed by atoms with Crippen molar-refractivity contribution in [3.05, 3.63) is 54.3 Å². The summed E-state index contributed by atoms with van der Waals surface area (Å²) < 4.78 is 13.0. The van der Waals surface area contributed by atoms with Gasteiger partial charge in [0, 0.05) is 30.4 Å². The lowest BCUT2D eigenvalue weighted by molar-refractivity contribution is -0.122. The van der Waals surface area contributed by atoms with Gasteiger partial charge in [-0.15, -0.1) is 0 Å². The molecule has 118 valence electrons. The molecule has 2 amide bonds. The van der Waals surface area contributed by atoms with E-state index < -0.39 is 5.92 Å². The number of nitrogens with one attached hydrogen (secondary N) is 1. The van der Waals surface area contributed by atoms with E-state index in [2.05, 4.69) is 5.32 Å². The smallest absolute Gasteiger partial charge is 0.229 e. The first-order valence-electron chi connectivity index (χ1n) is 7.19. The average Bonchev–Trinajstić information content (AvgIpc) is 2.90. The van der Waals surface area contributed by atoms with Crippen LogP contribution in [-0.4, -0.2) is 23.5 Å². The van der Waals surface area contributed by atoms with Crippen LogP contribution in [0.5, 0.6) is 5.75 Å². The maximum atomic E-state index is 13.0. The van der Waals surface area contributed by atoms with Crippen molar-refractivity contribution in [2.45, 2.75) is 6.42 Å². The van der Waals surface area contributed by atoms with E-state index in [0.717, 1.165) is 0 Å². The third-order valence-electron chi connectivity index (χ3n) is 3.75. The van der Waals surface area contributed by atoms with Gasteiger partial charge in [-0.2, -0.15) is 0 Å². The van der Waals surface area contributed by atoms with Crippen LogP contribution >= 0.6 is 0 Å². The standard InChI is InChI=1S/C17H15FN2O3/c18-12-4-6-14(7-5-12)20-10-11(8-16(20)22)17(23)19-13-2-1-3-15(21)9-13/h1-7,9,11,21H,8,10H2,(H,19,23). The molecule has 23 heavy (non-hydrogen) atoms. The van der Waals surface area contributed by atoms with Gasteiger partial charge in [0.05, 0.1) is 5.92 Å². The molecular formula is C17H15FN2O3. The molecule has 5 nitrogen and oxygen atoms in total. The summed E-state index contributed by atoms with van der Waals surface area (Å²) in [5.41, 5.74) is 1.05. The Morgan fingerprint density at radius 2 is 1.96 bits per heavy atom. The van der Waals surface area contributed by atoms with Gasteiger partial charge in [-0.05, 0) is 36.4 Å². The number of aromatic hydroxyl groups is 1. The first kappa shape index (κ1) is 15.0. The van der Waals surface area contributed by atoms with E-state index in [0.29, 0.717) is 11.4 Å². The summed E-state index contributed by atoms with van der Waals surface area (Å²) in [6, 6.07) is 11.8. The van der Waals surface area contributed by atoms with Crippen molar-refractivity contribution in [3.63, 3.8) is 0 Å². The first-order valence-corrected chi connectivity index (χ1v) is 7.19. The predicted molar refractivity (Wildman–Crippen MR) is 83.6 cm³/mol. The van der Waals surface area contributed by atoms with Crippen molar-refractivity contribution in [3.8, 4) is 5.75 Å². The summed E-state index contributed by atoms with van der Waals surface area (Å²) in [5.74, 6) is -1.27. The summed E-state index contributed by atoms with van der Waals surface area (Å²) in [6.45, 7) is 0.245. The van der Waals surface area contributed by atoms with Crippen LogP contribution in [-0.2, 0) is 9.59 Å². The summed E-state index contributed by atoms with van der Waals surface area (Å²) >= 11 is 0. The number of nitrogens with zero attached hydrogens (tertiary/aromatic N) is 1. The molecular weight excluding hydrogens is 299 g/mol. The van der Waals surface area contributed by atoms with E-state index in [1.807, 2.05) is 0 Å². The number of hydrogen-bond acceptors (Lipinski definition) is 3. The normalized spacial score (nSPS) is 17.3. The van der Waals surface area contributed by atoms with E-state index in [-0.39, 0.29) is 36.3 Å². The number of hydrogen-bond donors (Lipinski definition) is 2. The van der Waals surface area contributed by atoms with E-state index in [1.54, 1.807) is 12.1 Å². The second-order valence-electron chi connectivity index (χ2n) is 5.42. The minimum absolute atomic E-state index is 0.0539. The number of phenols is 1. The van der Waals surface area contributed by atoms with Gasteiger partial charge < -0.3 is 15.3 Å². The maximum Gasteiger partial charge on any atom is 0.229 e. The molecule has 0 spiro atoms. The van der Waals surface area contributed by atoms with E-state index in [1.165, 1.54) is 41.3 Å². The Balaban J connectivity index is 1.69. The quantitative estimate of drug-likeness (QED) is 0.914. The fraction of sp³-hybridized carbons (Fsp3) is 0.176. The lowest BCUT2D eigenvalue weighted by Crippen LogP contribution is -2.28. The maximum absolute atomic E-state index is 13.0. The minimum Gasteiger partial charge on any atom is -0.508 e. The van der Waals surface area contributed by atoms with Gasteiger partial charge in [0.25, 0.3) is 0 Å². The zero-order valence-electron chi connectivity index (χ0n) is 12.2. The molecule has 0 radical (unpaired) electrons. The number of carbonyl (C=O) groups is 2. The molecule has 1 aliphatic heterocycles. The molecule has 2 N–H and O–H groups in total. The zero-order chi connectivity index (χ0) is 16.4. The SMILES string of the molecule is O=C(Nc1cccc(O)c1)C1CC(=O)N(c2ccc(F)cc2)C1. The lowest BCUT2D eigenvalue weighted by Gasteiger charge is -2.16. The lowest BCUT2D eigenvalue weighted by atomic mass is 10.1. The Kier molecular flexibility index (Phi) is 3.97. The van der Waals surface area contributed by atoms with Gasteiger partial charge in [0.1, 0.15) is 11.6 Å². The number of anilines is 2. The number of carbonyl (C=O) groups excluding carboxylic acids is 2. The number of halogens is 1. The Hall–Kier alpha value is -2.89. The van der Waals surface area contributed by atoms with Crippen LogP contribution in [0.3, 0.4) is 0 Å². The Labute approximate surface area is 132 Å². The average molecular weight is 314 g/mol. The van der Waals surface area contributed by atoms with Crippen LogP contribution in [0.2, 0.25) is 0 Å². The number of benzene rings is 2. The first-order chi connectivity index (χ1) is 11.0. The van der Waals surface area contributed by atoms with Crippen molar-refractivity contribution in [1.29, 1.82) is 0 Å². The summed E-state index contributed by atoms with van der Waals surface area (Å²) in [5, 5.41) is 12.1. The van der Waals surface area contributed by atoms with Crippen molar-refractivity contribution in [2.75, 3.05) is 16.8 Å². The van der Waals surface area contributed by atoms with Crippen molar-refractivity contribution in [1.82, 2.24) is 0 Å². The topological polar surface area (TPSA) is 69.6 Å². The third kappa shape index (κ3) is 3.31. The highest BCUT2D eigenvalue weighted by molar-refractivity contribution is 6.03. The monoisotopic (exact) mass is 314 g/mol. The molecule has 1 heterocycles. The van der Waals surface area contributed by atoms with E-state index in [4.69, 9.17) is 0 Å². The molecule has 1 unspecified atom stereocenters. The van der Waals surface area contributed by atoms with Crippen LogP contribution in [0.25, 0.3) is 0 Å². The van der Waals surface area contributed by atoms with Gasteiger partial charge in [0.2, 0.25) is 11.8 Å². The number of phenolic OH excluding ortho intramolecular Hbond substituents is 1. The Bertz CT molecular complexity index is 746. The van der Waals surface area contributed by atoms with E-state index >= 15 is 0 Å². The minimum atomic E-state index is -0.491. The molecule has 0 aliphatic carbocycles. The molecule has 1 atom stereocenters. The molecule has 2 aromatic rings. The van der Waals surface area contributed by atoms with Crippen LogP contribution < -0.4 is 10.2 Å². The van der Waals surface area contributed by atoms with Gasteiger partial charge in [-0.25, -0.2) is 4.39 Å². The molecule has 0 bridgehead atoms. The van der Waals surface area contributed by atoms with Crippen LogP contribution in [0.15, 0.2) is 48.5 Å². The predicted octanol–water partition coefficient (Wildman–Crippen LogP) is 2.52. The Morgan fingerprint density at radius 1 is 1.22 bits per heavy atom. The highest BCUT2D eigenvalue weighted by atomic mass is 19.1. The molecule has 0 saturated carbocycles. The van der Waals surface area contributed by atoms with Crippen molar-refractivity contribution < 1.29 is 19.1 Å². The van der Waals surface area contributed by atoms with Crippen LogP contribution in [0.1, 0.15) is 6.42 Å².